The monoisotopic (exact) mass is 341 g/mol. The zero-order valence-corrected chi connectivity index (χ0v) is 11.8. The molecule has 2 rings (SSSR count). The topological polar surface area (TPSA) is 38.3 Å². The summed E-state index contributed by atoms with van der Waals surface area (Å²) >= 11 is 3.23. The minimum Gasteiger partial charge on any atom is -0.443 e. The Bertz CT molecular complexity index is 470. The number of hydrogen-bond donors (Lipinski definition) is 1. The Morgan fingerprint density at radius 1 is 1.50 bits per heavy atom. The molecular formula is C11H11BrClF2NO2. The first-order valence-electron chi connectivity index (χ1n) is 4.97. The second kappa shape index (κ2) is 5.40. The lowest BCUT2D eigenvalue weighted by molar-refractivity contribution is -0.104. The molecule has 1 aliphatic rings. The van der Waals surface area contributed by atoms with Crippen molar-refractivity contribution in [2.75, 3.05) is 6.61 Å². The molecule has 0 radical (unpaired) electrons. The fourth-order valence-corrected chi connectivity index (χ4v) is 2.12. The zero-order chi connectivity index (χ0) is 12.6. The normalized spacial score (nSPS) is 21.6. The van der Waals surface area contributed by atoms with E-state index in [4.69, 9.17) is 0 Å². The third-order valence-electron chi connectivity index (χ3n) is 2.63. The van der Waals surface area contributed by atoms with Crippen LogP contribution in [0.25, 0.3) is 0 Å². The van der Waals surface area contributed by atoms with Crippen LogP contribution >= 0.6 is 28.3 Å². The highest BCUT2D eigenvalue weighted by atomic mass is 79.9. The van der Waals surface area contributed by atoms with Crippen LogP contribution in [0.3, 0.4) is 0 Å². The van der Waals surface area contributed by atoms with Crippen molar-refractivity contribution in [2.45, 2.75) is 18.9 Å². The van der Waals surface area contributed by atoms with Gasteiger partial charge in [-0.3, -0.25) is 0 Å². The number of hydrogen-bond acceptors (Lipinski definition) is 2. The van der Waals surface area contributed by atoms with E-state index < -0.39 is 24.7 Å². The van der Waals surface area contributed by atoms with Gasteiger partial charge in [-0.05, 0) is 30.2 Å². The highest BCUT2D eigenvalue weighted by Gasteiger charge is 2.47. The maximum absolute atomic E-state index is 13.7. The fourth-order valence-electron chi connectivity index (χ4n) is 1.74. The molecule has 0 saturated carbocycles. The molecule has 0 aliphatic carbocycles. The average Bonchev–Trinajstić information content (AvgIpc) is 2.26. The van der Waals surface area contributed by atoms with Gasteiger partial charge in [-0.15, -0.1) is 12.4 Å². The third kappa shape index (κ3) is 2.92. The average molecular weight is 343 g/mol. The van der Waals surface area contributed by atoms with E-state index in [2.05, 4.69) is 26.0 Å². The predicted molar refractivity (Wildman–Crippen MR) is 68.3 cm³/mol. The van der Waals surface area contributed by atoms with E-state index in [1.807, 2.05) is 0 Å². The number of halogens is 4. The molecule has 1 aromatic rings. The van der Waals surface area contributed by atoms with Gasteiger partial charge in [-0.2, -0.15) is 0 Å². The van der Waals surface area contributed by atoms with E-state index in [-0.39, 0.29) is 12.4 Å². The number of alkyl carbamates (subject to hydrolysis) is 1. The molecule has 1 aromatic carbocycles. The van der Waals surface area contributed by atoms with Gasteiger partial charge in [0.25, 0.3) is 0 Å². The summed E-state index contributed by atoms with van der Waals surface area (Å²) in [5.41, 5.74) is 1.08. The second-order valence-corrected chi connectivity index (χ2v) is 4.83. The van der Waals surface area contributed by atoms with Crippen molar-refractivity contribution < 1.29 is 18.3 Å². The molecule has 1 heterocycles. The summed E-state index contributed by atoms with van der Waals surface area (Å²) in [4.78, 5) is 11.1. The first-order chi connectivity index (χ1) is 7.90. The molecule has 0 bridgehead atoms. The van der Waals surface area contributed by atoms with Crippen molar-refractivity contribution in [2.24, 2.45) is 0 Å². The van der Waals surface area contributed by atoms with Gasteiger partial charge < -0.3 is 10.1 Å². The zero-order valence-electron chi connectivity index (χ0n) is 9.38. The van der Waals surface area contributed by atoms with Crippen molar-refractivity contribution in [3.05, 3.63) is 33.8 Å². The van der Waals surface area contributed by atoms with Crippen LogP contribution in [0, 0.1) is 6.92 Å². The molecule has 3 nitrogen and oxygen atoms in total. The number of benzene rings is 1. The summed E-state index contributed by atoms with van der Waals surface area (Å²) in [7, 11) is 0. The summed E-state index contributed by atoms with van der Waals surface area (Å²) in [5, 5.41) is 2.16. The van der Waals surface area contributed by atoms with Gasteiger partial charge in [-0.25, -0.2) is 13.6 Å². The summed E-state index contributed by atoms with van der Waals surface area (Å²) in [5.74, 6) is -3.11. The SMILES string of the molecule is Cc1ccc(Br)cc1[C@H]1NC(=O)OCC1(F)F.Cl. The molecule has 18 heavy (non-hydrogen) atoms. The van der Waals surface area contributed by atoms with E-state index in [9.17, 15) is 13.6 Å². The molecule has 100 valence electrons. The van der Waals surface area contributed by atoms with E-state index in [0.29, 0.717) is 15.6 Å². The standard InChI is InChI=1S/C11H10BrF2NO2.ClH/c1-6-2-3-7(12)4-8(6)9-11(13,14)5-17-10(16)15-9;/h2-4,9H,5H2,1H3,(H,15,16);1H/t9-;/m1./s1. The molecular weight excluding hydrogens is 331 g/mol. The lowest BCUT2D eigenvalue weighted by Gasteiger charge is -2.32. The van der Waals surface area contributed by atoms with Gasteiger partial charge in [-0.1, -0.05) is 22.0 Å². The largest absolute Gasteiger partial charge is 0.443 e. The number of amides is 1. The number of ether oxygens (including phenoxy) is 1. The van der Waals surface area contributed by atoms with Crippen LogP contribution in [0.15, 0.2) is 22.7 Å². The van der Waals surface area contributed by atoms with Gasteiger partial charge in [0.15, 0.2) is 6.61 Å². The summed E-state index contributed by atoms with van der Waals surface area (Å²) in [6.45, 7) is 0.828. The number of carbonyl (C=O) groups excluding carboxylic acids is 1. The quantitative estimate of drug-likeness (QED) is 0.847. The van der Waals surface area contributed by atoms with E-state index >= 15 is 0 Å². The first-order valence-corrected chi connectivity index (χ1v) is 5.76. The van der Waals surface area contributed by atoms with E-state index in [1.165, 1.54) is 0 Å². The number of alkyl halides is 2. The summed E-state index contributed by atoms with van der Waals surface area (Å²) < 4.78 is 32.4. The number of nitrogens with one attached hydrogen (secondary N) is 1. The highest BCUT2D eigenvalue weighted by Crippen LogP contribution is 2.36. The van der Waals surface area contributed by atoms with E-state index in [0.717, 1.165) is 0 Å². The summed E-state index contributed by atoms with van der Waals surface area (Å²) in [6, 6.07) is 3.72. The smallest absolute Gasteiger partial charge is 0.408 e. The lowest BCUT2D eigenvalue weighted by Crippen LogP contribution is -2.49. The third-order valence-corrected chi connectivity index (χ3v) is 3.13. The van der Waals surface area contributed by atoms with E-state index in [1.54, 1.807) is 25.1 Å². The van der Waals surface area contributed by atoms with Crippen LogP contribution in [-0.2, 0) is 4.74 Å². The summed E-state index contributed by atoms with van der Waals surface area (Å²) in [6.07, 6.45) is -0.819. The van der Waals surface area contributed by atoms with Crippen molar-refractivity contribution in [3.8, 4) is 0 Å². The van der Waals surface area contributed by atoms with Crippen molar-refractivity contribution in [1.29, 1.82) is 0 Å². The molecule has 1 fully saturated rings. The Balaban J connectivity index is 0.00000162. The highest BCUT2D eigenvalue weighted by molar-refractivity contribution is 9.10. The van der Waals surface area contributed by atoms with Crippen LogP contribution in [0.5, 0.6) is 0 Å². The Morgan fingerprint density at radius 2 is 2.17 bits per heavy atom. The predicted octanol–water partition coefficient (Wildman–Crippen LogP) is 3.60. The Hall–Kier alpha value is -0.880. The molecule has 1 saturated heterocycles. The van der Waals surface area contributed by atoms with Crippen LogP contribution in [0.2, 0.25) is 0 Å². The van der Waals surface area contributed by atoms with Gasteiger partial charge in [0.05, 0.1) is 0 Å². The molecule has 1 N–H and O–H groups in total. The molecule has 1 amide bonds. The van der Waals surface area contributed by atoms with Crippen LogP contribution in [0.1, 0.15) is 17.2 Å². The van der Waals surface area contributed by atoms with Crippen LogP contribution < -0.4 is 5.32 Å². The van der Waals surface area contributed by atoms with Gasteiger partial charge >= 0.3 is 12.0 Å². The second-order valence-electron chi connectivity index (χ2n) is 3.92. The lowest BCUT2D eigenvalue weighted by atomic mass is 9.96. The molecule has 1 aliphatic heterocycles. The van der Waals surface area contributed by atoms with Crippen molar-refractivity contribution >= 4 is 34.4 Å². The van der Waals surface area contributed by atoms with Gasteiger partial charge in [0.1, 0.15) is 6.04 Å². The fraction of sp³-hybridized carbons (Fsp3) is 0.364. The molecule has 0 unspecified atom stereocenters. The number of cyclic esters (lactones) is 1. The molecule has 0 aromatic heterocycles. The number of rotatable bonds is 1. The molecule has 1 atom stereocenters. The van der Waals surface area contributed by atoms with Gasteiger partial charge in [0, 0.05) is 4.47 Å². The minimum atomic E-state index is -3.11. The Kier molecular flexibility index (Phi) is 4.55. The van der Waals surface area contributed by atoms with Crippen molar-refractivity contribution in [3.63, 3.8) is 0 Å². The molecule has 0 spiro atoms. The van der Waals surface area contributed by atoms with Crippen LogP contribution in [0.4, 0.5) is 13.6 Å². The molecule has 7 heteroatoms. The minimum absolute atomic E-state index is 0. The Labute approximate surface area is 117 Å². The maximum atomic E-state index is 13.7. The van der Waals surface area contributed by atoms with Gasteiger partial charge in [0.2, 0.25) is 0 Å². The number of carbonyl (C=O) groups is 1. The van der Waals surface area contributed by atoms with Crippen LogP contribution in [-0.4, -0.2) is 18.6 Å². The Morgan fingerprint density at radius 3 is 2.83 bits per heavy atom. The number of aryl methyl sites for hydroxylation is 1. The van der Waals surface area contributed by atoms with Crippen molar-refractivity contribution in [1.82, 2.24) is 5.32 Å². The maximum Gasteiger partial charge on any atom is 0.408 e. The first kappa shape index (κ1) is 15.2.